The summed E-state index contributed by atoms with van der Waals surface area (Å²) >= 11 is 0. The van der Waals surface area contributed by atoms with Gasteiger partial charge in [0.15, 0.2) is 5.78 Å². The summed E-state index contributed by atoms with van der Waals surface area (Å²) in [4.78, 5) is 34.8. The Kier molecular flexibility index (Phi) is 6.63. The van der Waals surface area contributed by atoms with E-state index >= 15 is 0 Å². The maximum Gasteiger partial charge on any atom is 0.322 e. The zero-order valence-corrected chi connectivity index (χ0v) is 21.1. The number of rotatable bonds is 5. The number of hydrogen-bond donors (Lipinski definition) is 1. The highest BCUT2D eigenvalue weighted by Gasteiger charge is 2.30. The number of urea groups is 1. The van der Waals surface area contributed by atoms with Crippen LogP contribution in [0.5, 0.6) is 5.75 Å². The van der Waals surface area contributed by atoms with Gasteiger partial charge in [-0.05, 0) is 80.1 Å². The van der Waals surface area contributed by atoms with Crippen LogP contribution in [0.3, 0.4) is 0 Å². The number of amides is 2. The Morgan fingerprint density at radius 2 is 1.72 bits per heavy atom. The standard InChI is InChI=1S/C29H32N4O3/c1-19-16-23(17-20(2)28(19)36-3)27(34)22-8-9-26(30-18-22)32-13-11-24(12-14-32)33-15-10-21-6-4-5-7-25(21)31-29(33)35/h4-9,16-18,24H,10-15H2,1-3H3,(H,31,35). The molecule has 0 spiro atoms. The van der Waals surface area contributed by atoms with Crippen molar-refractivity contribution in [1.29, 1.82) is 0 Å². The molecule has 36 heavy (non-hydrogen) atoms. The zero-order valence-electron chi connectivity index (χ0n) is 21.1. The molecule has 0 bridgehead atoms. The molecule has 7 heteroatoms. The van der Waals surface area contributed by atoms with E-state index < -0.39 is 0 Å². The van der Waals surface area contributed by atoms with Crippen LogP contribution in [0.1, 0.15) is 45.5 Å². The van der Waals surface area contributed by atoms with Gasteiger partial charge in [0.25, 0.3) is 0 Å². The molecule has 1 fully saturated rings. The number of aromatic nitrogens is 1. The normalized spacial score (nSPS) is 16.2. The molecule has 2 amide bonds. The Morgan fingerprint density at radius 3 is 2.39 bits per heavy atom. The Labute approximate surface area is 212 Å². The average Bonchev–Trinajstić information content (AvgIpc) is 3.06. The zero-order chi connectivity index (χ0) is 25.2. The number of benzene rings is 2. The minimum Gasteiger partial charge on any atom is -0.496 e. The lowest BCUT2D eigenvalue weighted by Crippen LogP contribution is -2.49. The molecule has 2 aromatic carbocycles. The highest BCUT2D eigenvalue weighted by molar-refractivity contribution is 6.09. The number of fused-ring (bicyclic) bond motifs is 1. The van der Waals surface area contributed by atoms with Crippen LogP contribution < -0.4 is 15.0 Å². The lowest BCUT2D eigenvalue weighted by molar-refractivity contribution is 0.103. The van der Waals surface area contributed by atoms with E-state index in [0.29, 0.717) is 11.1 Å². The second-order valence-corrected chi connectivity index (χ2v) is 9.63. The largest absolute Gasteiger partial charge is 0.496 e. The van der Waals surface area contributed by atoms with E-state index in [2.05, 4.69) is 21.3 Å². The third-order valence-corrected chi connectivity index (χ3v) is 7.31. The molecule has 0 radical (unpaired) electrons. The molecule has 3 heterocycles. The van der Waals surface area contributed by atoms with Crippen molar-refractivity contribution in [2.45, 2.75) is 39.2 Å². The van der Waals surface area contributed by atoms with Crippen LogP contribution in [0.25, 0.3) is 0 Å². The first kappa shape index (κ1) is 23.9. The van der Waals surface area contributed by atoms with E-state index in [0.717, 1.165) is 67.3 Å². The molecule has 1 saturated heterocycles. The van der Waals surface area contributed by atoms with Gasteiger partial charge in [-0.15, -0.1) is 0 Å². The third kappa shape index (κ3) is 4.65. The number of hydrogen-bond acceptors (Lipinski definition) is 5. The number of ether oxygens (including phenoxy) is 1. The summed E-state index contributed by atoms with van der Waals surface area (Å²) in [6.07, 6.45) is 4.30. The highest BCUT2D eigenvalue weighted by Crippen LogP contribution is 2.28. The maximum absolute atomic E-state index is 13.1. The molecule has 0 aliphatic carbocycles. The fourth-order valence-corrected chi connectivity index (χ4v) is 5.42. The van der Waals surface area contributed by atoms with E-state index in [9.17, 15) is 9.59 Å². The number of carbonyl (C=O) groups excluding carboxylic acids is 2. The van der Waals surface area contributed by atoms with Crippen molar-refractivity contribution in [2.24, 2.45) is 0 Å². The van der Waals surface area contributed by atoms with Gasteiger partial charge in [-0.1, -0.05) is 18.2 Å². The summed E-state index contributed by atoms with van der Waals surface area (Å²) in [5, 5.41) is 3.08. The van der Waals surface area contributed by atoms with E-state index in [4.69, 9.17) is 4.74 Å². The summed E-state index contributed by atoms with van der Waals surface area (Å²) < 4.78 is 5.42. The van der Waals surface area contributed by atoms with Crippen LogP contribution in [0.4, 0.5) is 16.3 Å². The van der Waals surface area contributed by atoms with Gasteiger partial charge < -0.3 is 19.9 Å². The van der Waals surface area contributed by atoms with E-state index in [-0.39, 0.29) is 17.9 Å². The predicted molar refractivity (Wildman–Crippen MR) is 141 cm³/mol. The van der Waals surface area contributed by atoms with Gasteiger partial charge >= 0.3 is 6.03 Å². The summed E-state index contributed by atoms with van der Waals surface area (Å²) in [6.45, 7) is 6.26. The second kappa shape index (κ2) is 10.0. The lowest BCUT2D eigenvalue weighted by atomic mass is 9.99. The summed E-state index contributed by atoms with van der Waals surface area (Å²) in [7, 11) is 1.64. The van der Waals surface area contributed by atoms with Gasteiger partial charge in [-0.3, -0.25) is 4.79 Å². The van der Waals surface area contributed by atoms with Gasteiger partial charge in [-0.2, -0.15) is 0 Å². The quantitative estimate of drug-likeness (QED) is 0.516. The number of carbonyl (C=O) groups is 2. The highest BCUT2D eigenvalue weighted by atomic mass is 16.5. The topological polar surface area (TPSA) is 74.8 Å². The van der Waals surface area contributed by atoms with Crippen molar-refractivity contribution < 1.29 is 14.3 Å². The van der Waals surface area contributed by atoms with E-state index in [1.54, 1.807) is 13.3 Å². The SMILES string of the molecule is COc1c(C)cc(C(=O)c2ccc(N3CCC(N4CCc5ccccc5NC4=O)CC3)nc2)cc1C. The Balaban J connectivity index is 1.21. The number of methoxy groups -OCH3 is 1. The van der Waals surface area contributed by atoms with Crippen LogP contribution >= 0.6 is 0 Å². The average molecular weight is 485 g/mol. The van der Waals surface area contributed by atoms with Crippen molar-refractivity contribution >= 4 is 23.3 Å². The molecule has 1 N–H and O–H groups in total. The van der Waals surface area contributed by atoms with Crippen LogP contribution in [-0.2, 0) is 6.42 Å². The van der Waals surface area contributed by atoms with Crippen LogP contribution in [0, 0.1) is 13.8 Å². The number of ketones is 1. The van der Waals surface area contributed by atoms with Crippen molar-refractivity contribution in [2.75, 3.05) is 37.0 Å². The Morgan fingerprint density at radius 1 is 1.00 bits per heavy atom. The van der Waals surface area contributed by atoms with Crippen molar-refractivity contribution in [3.63, 3.8) is 0 Å². The second-order valence-electron chi connectivity index (χ2n) is 9.63. The van der Waals surface area contributed by atoms with Gasteiger partial charge in [0.2, 0.25) is 0 Å². The van der Waals surface area contributed by atoms with Crippen LogP contribution in [0.15, 0.2) is 54.7 Å². The van der Waals surface area contributed by atoms with Gasteiger partial charge in [-0.25, -0.2) is 9.78 Å². The molecule has 1 aromatic heterocycles. The van der Waals surface area contributed by atoms with Gasteiger partial charge in [0.1, 0.15) is 11.6 Å². The smallest absolute Gasteiger partial charge is 0.322 e. The molecule has 2 aliphatic rings. The first-order valence-corrected chi connectivity index (χ1v) is 12.5. The molecule has 186 valence electrons. The number of piperidine rings is 1. The first-order valence-electron chi connectivity index (χ1n) is 12.5. The van der Waals surface area contributed by atoms with Gasteiger partial charge in [0.05, 0.1) is 7.11 Å². The predicted octanol–water partition coefficient (Wildman–Crippen LogP) is 5.00. The lowest BCUT2D eigenvalue weighted by Gasteiger charge is -2.38. The monoisotopic (exact) mass is 484 g/mol. The number of nitrogens with one attached hydrogen (secondary N) is 1. The molecule has 5 rings (SSSR count). The Hall–Kier alpha value is -3.87. The minimum absolute atomic E-state index is 0.0107. The molecular formula is C29H32N4O3. The number of pyridine rings is 1. The minimum atomic E-state index is -0.0465. The molecule has 0 unspecified atom stereocenters. The third-order valence-electron chi connectivity index (χ3n) is 7.31. The van der Waals surface area contributed by atoms with Crippen LogP contribution in [0.2, 0.25) is 0 Å². The van der Waals surface area contributed by atoms with Crippen molar-refractivity contribution in [3.05, 3.63) is 82.5 Å². The van der Waals surface area contributed by atoms with Crippen molar-refractivity contribution in [1.82, 2.24) is 9.88 Å². The van der Waals surface area contributed by atoms with Gasteiger partial charge in [0, 0.05) is 48.7 Å². The number of nitrogens with zero attached hydrogens (tertiary/aromatic N) is 3. The number of anilines is 2. The maximum atomic E-state index is 13.1. The molecular weight excluding hydrogens is 452 g/mol. The molecule has 7 nitrogen and oxygen atoms in total. The first-order chi connectivity index (χ1) is 17.4. The molecule has 0 saturated carbocycles. The van der Waals surface area contributed by atoms with E-state index in [1.165, 1.54) is 5.56 Å². The van der Waals surface area contributed by atoms with Crippen molar-refractivity contribution in [3.8, 4) is 5.75 Å². The molecule has 0 atom stereocenters. The Bertz CT molecular complexity index is 1260. The summed E-state index contributed by atoms with van der Waals surface area (Å²) in [5.74, 6) is 1.63. The summed E-state index contributed by atoms with van der Waals surface area (Å²) in [6, 6.07) is 15.7. The number of aryl methyl sites for hydroxylation is 2. The van der Waals surface area contributed by atoms with Crippen LogP contribution in [-0.4, -0.2) is 54.5 Å². The number of para-hydroxylation sites is 1. The van der Waals surface area contributed by atoms with E-state index in [1.807, 2.05) is 61.2 Å². The fourth-order valence-electron chi connectivity index (χ4n) is 5.42. The summed E-state index contributed by atoms with van der Waals surface area (Å²) in [5.41, 5.74) is 5.19. The molecule has 3 aromatic rings. The molecule has 2 aliphatic heterocycles. The fraction of sp³-hybridized carbons (Fsp3) is 0.345.